The molecule has 1 aromatic carbocycles. The minimum Gasteiger partial charge on any atom is -0.491 e. The molecule has 0 saturated carbocycles. The molecule has 2 rings (SSSR count). The number of nitrogens with one attached hydrogen (secondary N) is 2. The number of aliphatic imine (C=N–C) groups is 1. The van der Waals surface area contributed by atoms with Crippen molar-refractivity contribution in [3.8, 4) is 5.75 Å². The van der Waals surface area contributed by atoms with E-state index >= 15 is 0 Å². The van der Waals surface area contributed by atoms with Crippen molar-refractivity contribution in [2.75, 3.05) is 45.9 Å². The summed E-state index contributed by atoms with van der Waals surface area (Å²) >= 11 is 0. The zero-order valence-electron chi connectivity index (χ0n) is 18.3. The van der Waals surface area contributed by atoms with Gasteiger partial charge in [-0.05, 0) is 45.2 Å². The Kier molecular flexibility index (Phi) is 9.58. The first kappa shape index (κ1) is 22.5. The van der Waals surface area contributed by atoms with Crippen LogP contribution >= 0.6 is 0 Å². The molecule has 0 bridgehead atoms. The van der Waals surface area contributed by atoms with Gasteiger partial charge in [0.25, 0.3) is 0 Å². The normalized spacial score (nSPS) is 16.9. The third-order valence-electron chi connectivity index (χ3n) is 4.63. The number of benzene rings is 1. The van der Waals surface area contributed by atoms with E-state index in [0.717, 1.165) is 63.2 Å². The summed E-state index contributed by atoms with van der Waals surface area (Å²) in [6.07, 6.45) is 0.150. The quantitative estimate of drug-likeness (QED) is 0.502. The Hall–Kier alpha value is -1.79. The van der Waals surface area contributed by atoms with Crippen LogP contribution in [0.4, 0.5) is 0 Å². The predicted molar refractivity (Wildman–Crippen MR) is 116 cm³/mol. The van der Waals surface area contributed by atoms with E-state index in [-0.39, 0.29) is 6.10 Å². The Bertz CT molecular complexity index is 613. The van der Waals surface area contributed by atoms with Gasteiger partial charge < -0.3 is 20.1 Å². The van der Waals surface area contributed by atoms with E-state index in [4.69, 9.17) is 14.5 Å². The molecule has 28 heavy (non-hydrogen) atoms. The van der Waals surface area contributed by atoms with E-state index in [1.807, 2.05) is 0 Å². The van der Waals surface area contributed by atoms with Gasteiger partial charge in [0.1, 0.15) is 5.75 Å². The van der Waals surface area contributed by atoms with E-state index in [2.05, 4.69) is 68.4 Å². The number of ether oxygens (including phenoxy) is 2. The highest BCUT2D eigenvalue weighted by Crippen LogP contribution is 2.22. The number of hydrogen-bond donors (Lipinski definition) is 2. The van der Waals surface area contributed by atoms with Crippen molar-refractivity contribution in [1.82, 2.24) is 15.5 Å². The van der Waals surface area contributed by atoms with Crippen LogP contribution in [0.15, 0.2) is 23.2 Å². The lowest BCUT2D eigenvalue weighted by molar-refractivity contribution is 0.0320. The van der Waals surface area contributed by atoms with Crippen LogP contribution in [0.25, 0.3) is 0 Å². The Morgan fingerprint density at radius 3 is 2.64 bits per heavy atom. The molecule has 1 saturated heterocycles. The summed E-state index contributed by atoms with van der Waals surface area (Å²) in [5, 5.41) is 6.84. The SMILES string of the molecule is CCNC(=NCc1ccc(C)cc1OC(C)C)NCC(C)CN1CCOCC1. The van der Waals surface area contributed by atoms with Crippen molar-refractivity contribution in [1.29, 1.82) is 0 Å². The number of guanidine groups is 1. The van der Waals surface area contributed by atoms with Gasteiger partial charge in [0.2, 0.25) is 0 Å². The average molecular weight is 391 g/mol. The molecule has 6 heteroatoms. The van der Waals surface area contributed by atoms with Crippen molar-refractivity contribution in [2.45, 2.75) is 47.3 Å². The smallest absolute Gasteiger partial charge is 0.191 e. The van der Waals surface area contributed by atoms with Gasteiger partial charge >= 0.3 is 0 Å². The molecule has 1 aliphatic rings. The first-order chi connectivity index (χ1) is 13.5. The summed E-state index contributed by atoms with van der Waals surface area (Å²) in [7, 11) is 0. The van der Waals surface area contributed by atoms with Gasteiger partial charge in [0.15, 0.2) is 5.96 Å². The highest BCUT2D eigenvalue weighted by molar-refractivity contribution is 5.79. The van der Waals surface area contributed by atoms with E-state index in [0.29, 0.717) is 12.5 Å². The van der Waals surface area contributed by atoms with Crippen molar-refractivity contribution in [3.63, 3.8) is 0 Å². The van der Waals surface area contributed by atoms with Gasteiger partial charge in [0.05, 0.1) is 25.9 Å². The van der Waals surface area contributed by atoms with Crippen LogP contribution in [0.2, 0.25) is 0 Å². The molecule has 0 radical (unpaired) electrons. The van der Waals surface area contributed by atoms with Crippen molar-refractivity contribution in [2.24, 2.45) is 10.9 Å². The molecule has 1 unspecified atom stereocenters. The highest BCUT2D eigenvalue weighted by atomic mass is 16.5. The van der Waals surface area contributed by atoms with Gasteiger partial charge in [-0.15, -0.1) is 0 Å². The Morgan fingerprint density at radius 1 is 1.21 bits per heavy atom. The lowest BCUT2D eigenvalue weighted by atomic mass is 10.1. The lowest BCUT2D eigenvalue weighted by Crippen LogP contribution is -2.44. The van der Waals surface area contributed by atoms with E-state index in [1.54, 1.807) is 0 Å². The molecule has 0 amide bonds. The topological polar surface area (TPSA) is 58.1 Å². The molecule has 1 fully saturated rings. The maximum absolute atomic E-state index is 5.98. The van der Waals surface area contributed by atoms with Gasteiger partial charge in [-0.2, -0.15) is 0 Å². The molecule has 1 heterocycles. The first-order valence-electron chi connectivity index (χ1n) is 10.6. The monoisotopic (exact) mass is 390 g/mol. The fraction of sp³-hybridized carbons (Fsp3) is 0.682. The zero-order valence-corrected chi connectivity index (χ0v) is 18.3. The average Bonchev–Trinajstić information content (AvgIpc) is 2.65. The fourth-order valence-electron chi connectivity index (χ4n) is 3.22. The Labute approximate surface area is 170 Å². The summed E-state index contributed by atoms with van der Waals surface area (Å²) in [6.45, 7) is 17.7. The number of hydrogen-bond acceptors (Lipinski definition) is 4. The molecule has 0 aliphatic carbocycles. The second-order valence-electron chi connectivity index (χ2n) is 7.87. The number of aryl methyl sites for hydroxylation is 1. The lowest BCUT2D eigenvalue weighted by Gasteiger charge is -2.29. The molecule has 1 aliphatic heterocycles. The fourth-order valence-corrected chi connectivity index (χ4v) is 3.22. The highest BCUT2D eigenvalue weighted by Gasteiger charge is 2.14. The summed E-state index contributed by atoms with van der Waals surface area (Å²) in [4.78, 5) is 7.25. The molecular formula is C22H38N4O2. The Balaban J connectivity index is 1.92. The second-order valence-corrected chi connectivity index (χ2v) is 7.87. The minimum absolute atomic E-state index is 0.150. The van der Waals surface area contributed by atoms with Crippen LogP contribution in [-0.4, -0.2) is 62.9 Å². The van der Waals surface area contributed by atoms with Crippen LogP contribution < -0.4 is 15.4 Å². The summed E-state index contributed by atoms with van der Waals surface area (Å²) in [5.41, 5.74) is 2.31. The molecule has 6 nitrogen and oxygen atoms in total. The Morgan fingerprint density at radius 2 is 1.96 bits per heavy atom. The molecule has 158 valence electrons. The maximum atomic E-state index is 5.98. The van der Waals surface area contributed by atoms with Gasteiger partial charge in [0, 0.05) is 38.3 Å². The molecule has 0 aromatic heterocycles. The van der Waals surface area contributed by atoms with Crippen LogP contribution in [-0.2, 0) is 11.3 Å². The largest absolute Gasteiger partial charge is 0.491 e. The maximum Gasteiger partial charge on any atom is 0.191 e. The van der Waals surface area contributed by atoms with Crippen LogP contribution in [0, 0.1) is 12.8 Å². The molecule has 0 spiro atoms. The van der Waals surface area contributed by atoms with Crippen LogP contribution in [0.1, 0.15) is 38.8 Å². The number of morpholine rings is 1. The van der Waals surface area contributed by atoms with Crippen molar-refractivity contribution >= 4 is 5.96 Å². The second kappa shape index (κ2) is 11.9. The molecule has 1 atom stereocenters. The molecule has 1 aromatic rings. The molecule has 2 N–H and O–H groups in total. The van der Waals surface area contributed by atoms with Crippen LogP contribution in [0.5, 0.6) is 5.75 Å². The standard InChI is InChI=1S/C22H38N4O2/c1-6-23-22(24-14-19(5)16-26-9-11-27-12-10-26)25-15-20-8-7-18(4)13-21(20)28-17(2)3/h7-8,13,17,19H,6,9-12,14-16H2,1-5H3,(H2,23,24,25). The van der Waals surface area contributed by atoms with E-state index in [1.165, 1.54) is 5.56 Å². The van der Waals surface area contributed by atoms with Gasteiger partial charge in [-0.3, -0.25) is 4.90 Å². The van der Waals surface area contributed by atoms with Crippen molar-refractivity contribution < 1.29 is 9.47 Å². The van der Waals surface area contributed by atoms with E-state index < -0.39 is 0 Å². The van der Waals surface area contributed by atoms with Gasteiger partial charge in [-0.25, -0.2) is 4.99 Å². The molecular weight excluding hydrogens is 352 g/mol. The predicted octanol–water partition coefficient (Wildman–Crippen LogP) is 2.81. The summed E-state index contributed by atoms with van der Waals surface area (Å²) in [6, 6.07) is 6.32. The minimum atomic E-state index is 0.150. The zero-order chi connectivity index (χ0) is 20.4. The third kappa shape index (κ3) is 8.07. The summed E-state index contributed by atoms with van der Waals surface area (Å²) < 4.78 is 11.4. The van der Waals surface area contributed by atoms with E-state index in [9.17, 15) is 0 Å². The number of rotatable bonds is 9. The first-order valence-corrected chi connectivity index (χ1v) is 10.6. The number of nitrogens with zero attached hydrogens (tertiary/aromatic N) is 2. The van der Waals surface area contributed by atoms with Gasteiger partial charge in [-0.1, -0.05) is 19.1 Å². The van der Waals surface area contributed by atoms with Crippen LogP contribution in [0.3, 0.4) is 0 Å². The third-order valence-corrected chi connectivity index (χ3v) is 4.63. The summed E-state index contributed by atoms with van der Waals surface area (Å²) in [5.74, 6) is 2.32. The van der Waals surface area contributed by atoms with Crippen molar-refractivity contribution in [3.05, 3.63) is 29.3 Å².